The van der Waals surface area contributed by atoms with E-state index in [1.807, 2.05) is 0 Å². The first kappa shape index (κ1) is 18.3. The van der Waals surface area contributed by atoms with Crippen LogP contribution in [0.2, 0.25) is 0 Å². The Morgan fingerprint density at radius 2 is 2.03 bits per heavy atom. The zero-order valence-corrected chi connectivity index (χ0v) is 17.5. The lowest BCUT2D eigenvalue weighted by Gasteiger charge is -2.35. The van der Waals surface area contributed by atoms with E-state index in [9.17, 15) is 24.3 Å². The quantitative estimate of drug-likeness (QED) is 0.258. The summed E-state index contributed by atoms with van der Waals surface area (Å²) < 4.78 is 33.0. The number of likely N-dealkylation sites (N-methyl/N-ethyl adjacent to an activating group) is 1. The number of nitrogen functional groups attached to an aromatic ring is 1. The molecule has 0 unspecified atom stereocenters. The molecule has 2 heterocycles. The molecule has 1 amide bonds. The van der Waals surface area contributed by atoms with Crippen LogP contribution in [0.25, 0.3) is 0 Å². The second-order valence-electron chi connectivity index (χ2n) is 7.22. The van der Waals surface area contributed by atoms with Gasteiger partial charge in [0.15, 0.2) is 5.82 Å². The number of nitrogens with two attached hydrogens (primary N) is 1. The third-order valence-electron chi connectivity index (χ3n) is 4.94. The van der Waals surface area contributed by atoms with Crippen molar-refractivity contribution in [3.05, 3.63) is 40.1 Å². The number of amides is 1. The van der Waals surface area contributed by atoms with Crippen molar-refractivity contribution in [1.82, 2.24) is 15.3 Å². The summed E-state index contributed by atoms with van der Waals surface area (Å²) in [6.45, 7) is 0.382. The van der Waals surface area contributed by atoms with Gasteiger partial charge in [-0.05, 0) is 30.6 Å². The SMILES string of the molecule is [2H]c1c([2H])c(C(=O)N[C@@H](CCC(=O)O)C(=O)O)c([2H])c([2H])c1NC[C@H]1CNc2nc(N)[nH]c(=O)c2N1C. The molecular weight excluding hydrogens is 434 g/mol. The van der Waals surface area contributed by atoms with Gasteiger partial charge >= 0.3 is 11.9 Å². The van der Waals surface area contributed by atoms with E-state index in [0.717, 1.165) is 0 Å². The first-order valence-corrected chi connectivity index (χ1v) is 9.79. The lowest BCUT2D eigenvalue weighted by molar-refractivity contribution is -0.140. The highest BCUT2D eigenvalue weighted by molar-refractivity contribution is 5.96. The number of aliphatic carboxylic acids is 2. The molecule has 0 aliphatic carbocycles. The highest BCUT2D eigenvalue weighted by atomic mass is 16.4. The minimum absolute atomic E-state index is 0.0504. The molecule has 0 spiro atoms. The van der Waals surface area contributed by atoms with E-state index in [-0.39, 0.29) is 29.9 Å². The van der Waals surface area contributed by atoms with E-state index in [4.69, 9.17) is 16.3 Å². The van der Waals surface area contributed by atoms with Crippen LogP contribution in [0.4, 0.5) is 23.1 Å². The minimum atomic E-state index is -1.60. The molecule has 1 aromatic heterocycles. The predicted octanol–water partition coefficient (Wildman–Crippen LogP) is -0.258. The van der Waals surface area contributed by atoms with E-state index in [0.29, 0.717) is 12.4 Å². The summed E-state index contributed by atoms with van der Waals surface area (Å²) in [6, 6.07) is -4.53. The maximum Gasteiger partial charge on any atom is 0.326 e. The molecule has 0 fully saturated rings. The van der Waals surface area contributed by atoms with Crippen molar-refractivity contribution in [1.29, 1.82) is 0 Å². The normalized spacial score (nSPS) is 17.4. The molecule has 0 saturated heterocycles. The van der Waals surface area contributed by atoms with Crippen molar-refractivity contribution in [3.8, 4) is 0 Å². The molecule has 0 radical (unpaired) electrons. The van der Waals surface area contributed by atoms with E-state index in [1.165, 1.54) is 0 Å². The monoisotopic (exact) mass is 463 g/mol. The van der Waals surface area contributed by atoms with E-state index < -0.39 is 72.0 Å². The lowest BCUT2D eigenvalue weighted by atomic mass is 10.1. The number of H-pyrrole nitrogens is 1. The van der Waals surface area contributed by atoms with Crippen LogP contribution < -0.4 is 32.1 Å². The zero-order chi connectivity index (χ0) is 27.6. The number of fused-ring (bicyclic) bond motifs is 1. The molecular formula is C20H25N7O6. The average Bonchev–Trinajstić information content (AvgIpc) is 2.81. The molecule has 13 heteroatoms. The van der Waals surface area contributed by atoms with Crippen molar-refractivity contribution < 1.29 is 30.1 Å². The summed E-state index contributed by atoms with van der Waals surface area (Å²) in [5, 5.41) is 25.9. The number of aromatic amines is 1. The number of aromatic nitrogens is 2. The van der Waals surface area contributed by atoms with Gasteiger partial charge in [0.1, 0.15) is 11.7 Å². The third-order valence-corrected chi connectivity index (χ3v) is 4.94. The number of rotatable bonds is 9. The van der Waals surface area contributed by atoms with Gasteiger partial charge in [0.05, 0.1) is 11.5 Å². The Morgan fingerprint density at radius 1 is 1.33 bits per heavy atom. The van der Waals surface area contributed by atoms with Gasteiger partial charge in [-0.2, -0.15) is 4.98 Å². The largest absolute Gasteiger partial charge is 0.481 e. The van der Waals surface area contributed by atoms with Crippen molar-refractivity contribution in [2.75, 3.05) is 41.4 Å². The van der Waals surface area contributed by atoms with E-state index in [1.54, 1.807) is 11.9 Å². The van der Waals surface area contributed by atoms with Crippen LogP contribution in [0.1, 0.15) is 28.7 Å². The zero-order valence-electron chi connectivity index (χ0n) is 21.5. The minimum Gasteiger partial charge on any atom is -0.481 e. The number of benzene rings is 1. The molecule has 33 heavy (non-hydrogen) atoms. The molecule has 13 nitrogen and oxygen atoms in total. The van der Waals surface area contributed by atoms with Crippen molar-refractivity contribution >= 4 is 41.0 Å². The number of nitrogens with one attached hydrogen (secondary N) is 4. The van der Waals surface area contributed by atoms with Crippen LogP contribution in [0, 0.1) is 0 Å². The lowest BCUT2D eigenvalue weighted by Crippen LogP contribution is -2.48. The Kier molecular flexibility index (Phi) is 5.48. The highest BCUT2D eigenvalue weighted by Crippen LogP contribution is 2.25. The van der Waals surface area contributed by atoms with Crippen LogP contribution >= 0.6 is 0 Å². The standard InChI is InChI=1S/C20H25N7O6/c1-27-12(9-23-16-15(27)18(31)26-20(21)25-16)8-22-11-4-2-10(3-5-11)17(30)24-13(19(32)33)6-7-14(28)29/h2-5,12-13,22H,6-9H2,1H3,(H,24,30)(H,28,29)(H,32,33)(H4,21,23,25,26,31)/t12-,13-/m0/s1/i2D,3D,4D,5D. The van der Waals surface area contributed by atoms with Crippen LogP contribution in [-0.4, -0.2) is 70.2 Å². The Balaban J connectivity index is 1.82. The fourth-order valence-corrected chi connectivity index (χ4v) is 3.17. The second-order valence-corrected chi connectivity index (χ2v) is 7.22. The number of anilines is 4. The average molecular weight is 463 g/mol. The third kappa shape index (κ3) is 5.70. The van der Waals surface area contributed by atoms with Gasteiger partial charge in [-0.1, -0.05) is 0 Å². The molecule has 0 saturated carbocycles. The van der Waals surface area contributed by atoms with E-state index in [2.05, 4.69) is 25.9 Å². The van der Waals surface area contributed by atoms with Gasteiger partial charge in [0.2, 0.25) is 5.95 Å². The Bertz CT molecular complexity index is 1290. The van der Waals surface area contributed by atoms with Crippen molar-refractivity contribution in [3.63, 3.8) is 0 Å². The maximum absolute atomic E-state index is 12.7. The summed E-state index contributed by atoms with van der Waals surface area (Å²) >= 11 is 0. The Hall–Kier alpha value is -4.29. The maximum atomic E-state index is 12.7. The van der Waals surface area contributed by atoms with Crippen molar-refractivity contribution in [2.24, 2.45) is 0 Å². The summed E-state index contributed by atoms with van der Waals surface area (Å²) in [4.78, 5) is 55.2. The Morgan fingerprint density at radius 3 is 2.67 bits per heavy atom. The summed E-state index contributed by atoms with van der Waals surface area (Å²) in [5.41, 5.74) is 4.45. The second kappa shape index (κ2) is 9.89. The fraction of sp³-hybridized carbons (Fsp3) is 0.350. The molecule has 2 atom stereocenters. The number of hydrogen-bond donors (Lipinski definition) is 7. The number of nitrogens with zero attached hydrogens (tertiary/aromatic N) is 2. The molecule has 3 rings (SSSR count). The van der Waals surface area contributed by atoms with Gasteiger partial charge in [-0.3, -0.25) is 19.4 Å². The number of carbonyl (C=O) groups is 3. The molecule has 176 valence electrons. The number of carbonyl (C=O) groups excluding carboxylic acids is 1. The number of carboxylic acids is 2. The first-order valence-electron chi connectivity index (χ1n) is 11.8. The molecule has 1 aliphatic heterocycles. The Labute approximate surface area is 193 Å². The molecule has 8 N–H and O–H groups in total. The number of hydrogen-bond acceptors (Lipinski definition) is 9. The fourth-order valence-electron chi connectivity index (χ4n) is 3.17. The van der Waals surface area contributed by atoms with Crippen LogP contribution in [0.5, 0.6) is 0 Å². The van der Waals surface area contributed by atoms with Gasteiger partial charge in [0, 0.05) is 37.8 Å². The van der Waals surface area contributed by atoms with Crippen molar-refractivity contribution in [2.45, 2.75) is 24.9 Å². The molecule has 2 aromatic rings. The van der Waals surface area contributed by atoms with E-state index >= 15 is 0 Å². The predicted molar refractivity (Wildman–Crippen MR) is 121 cm³/mol. The van der Waals surface area contributed by atoms with Gasteiger partial charge in [-0.25, -0.2) is 4.79 Å². The molecule has 0 bridgehead atoms. The highest BCUT2D eigenvalue weighted by Gasteiger charge is 2.27. The topological polar surface area (TPSA) is 203 Å². The van der Waals surface area contributed by atoms with Gasteiger partial charge in [0.25, 0.3) is 11.5 Å². The summed E-state index contributed by atoms with van der Waals surface area (Å²) in [7, 11) is 1.64. The van der Waals surface area contributed by atoms with Gasteiger partial charge < -0.3 is 36.8 Å². The van der Waals surface area contributed by atoms with Gasteiger partial charge in [-0.15, -0.1) is 0 Å². The smallest absolute Gasteiger partial charge is 0.326 e. The summed E-state index contributed by atoms with van der Waals surface area (Å²) in [6.07, 6.45) is -0.978. The number of carboxylic acid groups (broad SMARTS) is 2. The van der Waals surface area contributed by atoms with Crippen LogP contribution in [0.15, 0.2) is 29.0 Å². The van der Waals surface area contributed by atoms with Crippen LogP contribution in [-0.2, 0) is 9.59 Å². The van der Waals surface area contributed by atoms with Crippen LogP contribution in [0.3, 0.4) is 0 Å². The molecule has 1 aromatic carbocycles. The summed E-state index contributed by atoms with van der Waals surface area (Å²) in [5.74, 6) is -3.72. The molecule has 1 aliphatic rings. The first-order chi connectivity index (χ1) is 17.3.